The minimum atomic E-state index is 0.644. The third kappa shape index (κ3) is 1.77. The summed E-state index contributed by atoms with van der Waals surface area (Å²) < 4.78 is 0. The van der Waals surface area contributed by atoms with E-state index in [0.29, 0.717) is 11.2 Å². The summed E-state index contributed by atoms with van der Waals surface area (Å²) in [5.74, 6) is 1.52. The van der Waals surface area contributed by atoms with Gasteiger partial charge in [0, 0.05) is 31.4 Å². The zero-order valence-corrected chi connectivity index (χ0v) is 14.7. The van der Waals surface area contributed by atoms with Crippen molar-refractivity contribution in [3.63, 3.8) is 0 Å². The Hall–Kier alpha value is -0.990. The highest BCUT2D eigenvalue weighted by molar-refractivity contribution is 8.05. The van der Waals surface area contributed by atoms with Crippen molar-refractivity contribution in [3.8, 4) is 0 Å². The summed E-state index contributed by atoms with van der Waals surface area (Å²) in [5.41, 5.74) is 6.59. The predicted octanol–water partition coefficient (Wildman–Crippen LogP) is 6.21. The van der Waals surface area contributed by atoms with Gasteiger partial charge in [-0.1, -0.05) is 23.8 Å². The maximum absolute atomic E-state index is 2.44. The molecule has 0 N–H and O–H groups in total. The first-order chi connectivity index (χ1) is 10.7. The molecule has 1 saturated carbocycles. The Morgan fingerprint density at radius 3 is 3.05 bits per heavy atom. The number of hydrogen-bond donors (Lipinski definition) is 0. The number of thioether (sulfide) groups is 1. The first kappa shape index (κ1) is 13.4. The lowest BCUT2D eigenvalue weighted by atomic mass is 9.83. The Labute approximate surface area is 140 Å². The lowest BCUT2D eigenvalue weighted by molar-refractivity contribution is 0.632. The lowest BCUT2D eigenvalue weighted by Crippen LogP contribution is -2.12. The molecule has 2 heteroatoms. The third-order valence-electron chi connectivity index (χ3n) is 5.59. The van der Waals surface area contributed by atoms with Crippen molar-refractivity contribution in [2.24, 2.45) is 11.8 Å². The molecule has 1 aromatic heterocycles. The van der Waals surface area contributed by atoms with Crippen LogP contribution in [0.5, 0.6) is 0 Å². The Bertz CT molecular complexity index is 785. The SMILES string of the molecule is Cc1cc2c(s1)C=C1SC(C)C(C3CCC4CC=CC=C43)=C12. The average molecular weight is 325 g/mol. The molecule has 0 bridgehead atoms. The molecular formula is C20H20S2. The van der Waals surface area contributed by atoms with Gasteiger partial charge >= 0.3 is 0 Å². The monoisotopic (exact) mass is 324 g/mol. The van der Waals surface area contributed by atoms with E-state index in [9.17, 15) is 0 Å². The molecule has 112 valence electrons. The molecule has 3 unspecified atom stereocenters. The van der Waals surface area contributed by atoms with Crippen molar-refractivity contribution in [2.75, 3.05) is 0 Å². The van der Waals surface area contributed by atoms with Crippen molar-refractivity contribution in [1.29, 1.82) is 0 Å². The number of aryl methyl sites for hydroxylation is 1. The van der Waals surface area contributed by atoms with Gasteiger partial charge in [0.15, 0.2) is 0 Å². The summed E-state index contributed by atoms with van der Waals surface area (Å²) >= 11 is 4.04. The van der Waals surface area contributed by atoms with Crippen molar-refractivity contribution in [2.45, 2.75) is 38.4 Å². The molecule has 1 fully saturated rings. The van der Waals surface area contributed by atoms with Crippen LogP contribution in [0.3, 0.4) is 0 Å². The second kappa shape index (κ2) is 4.75. The van der Waals surface area contributed by atoms with Crippen molar-refractivity contribution < 1.29 is 0 Å². The van der Waals surface area contributed by atoms with Crippen LogP contribution in [0.25, 0.3) is 11.6 Å². The second-order valence-electron chi connectivity index (χ2n) is 6.89. The minimum Gasteiger partial charge on any atom is -0.141 e. The molecule has 0 amide bonds. The van der Waals surface area contributed by atoms with E-state index in [1.165, 1.54) is 34.6 Å². The van der Waals surface area contributed by atoms with Crippen molar-refractivity contribution in [1.82, 2.24) is 0 Å². The van der Waals surface area contributed by atoms with E-state index in [2.05, 4.69) is 56.0 Å². The molecule has 1 aromatic rings. The van der Waals surface area contributed by atoms with E-state index < -0.39 is 0 Å². The van der Waals surface area contributed by atoms with Gasteiger partial charge in [-0.3, -0.25) is 0 Å². The predicted molar refractivity (Wildman–Crippen MR) is 99.1 cm³/mol. The van der Waals surface area contributed by atoms with Crippen LogP contribution in [0.2, 0.25) is 0 Å². The molecule has 0 saturated heterocycles. The number of rotatable bonds is 1. The highest BCUT2D eigenvalue weighted by atomic mass is 32.2. The van der Waals surface area contributed by atoms with Crippen molar-refractivity contribution >= 4 is 34.7 Å². The third-order valence-corrected chi connectivity index (χ3v) is 7.77. The maximum Gasteiger partial charge on any atom is 0.0363 e. The minimum absolute atomic E-state index is 0.644. The first-order valence-electron chi connectivity index (χ1n) is 8.32. The molecule has 0 nitrogen and oxygen atoms in total. The molecule has 0 spiro atoms. The van der Waals surface area contributed by atoms with E-state index in [-0.39, 0.29) is 0 Å². The zero-order valence-electron chi connectivity index (χ0n) is 13.1. The van der Waals surface area contributed by atoms with Crippen LogP contribution in [-0.4, -0.2) is 5.25 Å². The van der Waals surface area contributed by atoms with Crippen LogP contribution in [0.4, 0.5) is 0 Å². The standard InChI is InChI=1S/C20H20S2/c1-11-9-16-17(21-11)10-18-20(16)19(12(2)22-18)15-8-7-13-5-3-4-6-14(13)15/h3-4,6,9-10,12-13,15H,5,7-8H2,1-2H3. The second-order valence-corrected chi connectivity index (χ2v) is 9.56. The lowest BCUT2D eigenvalue weighted by Gasteiger charge is -2.22. The van der Waals surface area contributed by atoms with Crippen molar-refractivity contribution in [3.05, 3.63) is 55.7 Å². The van der Waals surface area contributed by atoms with Gasteiger partial charge in [-0.05, 0) is 62.3 Å². The van der Waals surface area contributed by atoms with Gasteiger partial charge < -0.3 is 0 Å². The molecule has 0 aromatic carbocycles. The summed E-state index contributed by atoms with van der Waals surface area (Å²) in [6.45, 7) is 4.65. The fourth-order valence-corrected chi connectivity index (χ4v) is 7.08. The highest BCUT2D eigenvalue weighted by Gasteiger charge is 2.41. The fraction of sp³-hybridized carbons (Fsp3) is 0.400. The van der Waals surface area contributed by atoms with Gasteiger partial charge in [-0.25, -0.2) is 0 Å². The highest BCUT2D eigenvalue weighted by Crippen LogP contribution is 2.59. The molecule has 3 atom stereocenters. The molecule has 2 heterocycles. The normalized spacial score (nSPS) is 32.0. The Morgan fingerprint density at radius 2 is 2.14 bits per heavy atom. The number of hydrogen-bond acceptors (Lipinski definition) is 2. The molecule has 22 heavy (non-hydrogen) atoms. The summed E-state index contributed by atoms with van der Waals surface area (Å²) in [5, 5.41) is 0.644. The Kier molecular flexibility index (Phi) is 2.90. The largest absolute Gasteiger partial charge is 0.141 e. The van der Waals surface area contributed by atoms with Gasteiger partial charge in [0.25, 0.3) is 0 Å². The van der Waals surface area contributed by atoms with Crippen LogP contribution >= 0.6 is 23.1 Å². The van der Waals surface area contributed by atoms with E-state index in [4.69, 9.17) is 0 Å². The van der Waals surface area contributed by atoms with E-state index in [1.54, 1.807) is 21.6 Å². The molecule has 3 aliphatic carbocycles. The molecule has 5 rings (SSSR count). The Balaban J connectivity index is 1.67. The fourth-order valence-electron chi connectivity index (χ4n) is 4.71. The van der Waals surface area contributed by atoms with Crippen LogP contribution < -0.4 is 0 Å². The van der Waals surface area contributed by atoms with E-state index >= 15 is 0 Å². The zero-order chi connectivity index (χ0) is 14.8. The average Bonchev–Trinajstić information content (AvgIpc) is 3.19. The summed E-state index contributed by atoms with van der Waals surface area (Å²) in [6.07, 6.45) is 13.5. The smallest absolute Gasteiger partial charge is 0.0363 e. The van der Waals surface area contributed by atoms with Gasteiger partial charge in [-0.15, -0.1) is 23.1 Å². The van der Waals surface area contributed by atoms with Gasteiger partial charge in [-0.2, -0.15) is 0 Å². The molecule has 0 radical (unpaired) electrons. The summed E-state index contributed by atoms with van der Waals surface area (Å²) in [7, 11) is 0. The topological polar surface area (TPSA) is 0 Å². The quantitative estimate of drug-likeness (QED) is 0.591. The van der Waals surface area contributed by atoms with Crippen LogP contribution in [-0.2, 0) is 0 Å². The van der Waals surface area contributed by atoms with Crippen LogP contribution in [0.1, 0.15) is 41.5 Å². The number of allylic oxidation sites excluding steroid dienone is 5. The maximum atomic E-state index is 2.44. The summed E-state index contributed by atoms with van der Waals surface area (Å²) in [4.78, 5) is 4.48. The summed E-state index contributed by atoms with van der Waals surface area (Å²) in [6, 6.07) is 2.42. The molecular weight excluding hydrogens is 304 g/mol. The number of thiophene rings is 1. The van der Waals surface area contributed by atoms with E-state index in [1.807, 2.05) is 11.3 Å². The molecule has 1 aliphatic heterocycles. The first-order valence-corrected chi connectivity index (χ1v) is 10.0. The van der Waals surface area contributed by atoms with Gasteiger partial charge in [0.05, 0.1) is 0 Å². The van der Waals surface area contributed by atoms with E-state index in [0.717, 1.165) is 5.92 Å². The number of fused-ring (bicyclic) bond motifs is 4. The van der Waals surface area contributed by atoms with Crippen LogP contribution in [0.15, 0.2) is 40.3 Å². The Morgan fingerprint density at radius 1 is 1.23 bits per heavy atom. The van der Waals surface area contributed by atoms with Gasteiger partial charge in [0.2, 0.25) is 0 Å². The van der Waals surface area contributed by atoms with Crippen LogP contribution in [0, 0.1) is 18.8 Å². The van der Waals surface area contributed by atoms with Gasteiger partial charge in [0.1, 0.15) is 0 Å². The molecule has 4 aliphatic rings.